The Labute approximate surface area is 69.6 Å². The molecule has 0 aromatic carbocycles. The van der Waals surface area contributed by atoms with Crippen molar-refractivity contribution >= 4 is 6.98 Å². The van der Waals surface area contributed by atoms with Crippen molar-refractivity contribution in [1.82, 2.24) is 0 Å². The third kappa shape index (κ3) is 2.27. The lowest BCUT2D eigenvalue weighted by Gasteiger charge is -2.30. The van der Waals surface area contributed by atoms with Gasteiger partial charge in [-0.25, -0.2) is 0 Å². The van der Waals surface area contributed by atoms with E-state index < -0.39 is 18.4 Å². The third-order valence-corrected chi connectivity index (χ3v) is 2.17. The van der Waals surface area contributed by atoms with Crippen LogP contribution in [0.5, 0.6) is 0 Å². The van der Waals surface area contributed by atoms with Gasteiger partial charge in [-0.1, -0.05) is 0 Å². The molecule has 1 heterocycles. The predicted molar refractivity (Wildman–Crippen MR) is 41.8 cm³/mol. The van der Waals surface area contributed by atoms with E-state index in [1.54, 1.807) is 0 Å². The molecule has 1 fully saturated rings. The van der Waals surface area contributed by atoms with E-state index in [4.69, 9.17) is 4.74 Å². The zero-order chi connectivity index (χ0) is 9.19. The van der Waals surface area contributed by atoms with Gasteiger partial charge in [0.05, 0.1) is 0 Å². The predicted octanol–water partition coefficient (Wildman–Crippen LogP) is 2.36. The Morgan fingerprint density at radius 3 is 2.17 bits per heavy atom. The molecule has 1 rings (SSSR count). The summed E-state index contributed by atoms with van der Waals surface area (Å²) in [5.74, 6) is -0.404. The van der Waals surface area contributed by atoms with Gasteiger partial charge < -0.3 is 17.7 Å². The quantitative estimate of drug-likeness (QED) is 0.591. The van der Waals surface area contributed by atoms with E-state index in [2.05, 4.69) is 6.58 Å². The lowest BCUT2D eigenvalue weighted by Crippen LogP contribution is -2.28. The fourth-order valence-corrected chi connectivity index (χ4v) is 1.34. The van der Waals surface area contributed by atoms with E-state index >= 15 is 0 Å². The second kappa shape index (κ2) is 3.52. The summed E-state index contributed by atoms with van der Waals surface area (Å²) in [6.45, 7) is -0.898. The molecule has 0 bridgehead atoms. The number of allylic oxidation sites excluding steroid dienone is 1. The van der Waals surface area contributed by atoms with Crippen LogP contribution in [0.15, 0.2) is 12.1 Å². The fraction of sp³-hybridized carbons (Fsp3) is 0.714. The van der Waals surface area contributed by atoms with Gasteiger partial charge in [-0.3, -0.25) is 0 Å². The van der Waals surface area contributed by atoms with Crippen LogP contribution in [-0.4, -0.2) is 20.2 Å². The molecule has 1 saturated heterocycles. The van der Waals surface area contributed by atoms with E-state index in [9.17, 15) is 12.9 Å². The van der Waals surface area contributed by atoms with Gasteiger partial charge in [0, 0.05) is 13.2 Å². The SMILES string of the molecule is C=C(C1CCOCC1)[B-](F)(F)F. The molecular formula is C7H11BF3O-. The number of hydrogen-bond acceptors (Lipinski definition) is 1. The summed E-state index contributed by atoms with van der Waals surface area (Å²) in [7, 11) is 0. The van der Waals surface area contributed by atoms with Gasteiger partial charge >= 0.3 is 6.98 Å². The molecule has 0 radical (unpaired) electrons. The highest BCUT2D eigenvalue weighted by Crippen LogP contribution is 2.31. The standard InChI is InChI=1S/C7H11BF3O/c1-6(8(9,10)11)7-2-4-12-5-3-7/h7H,1-5H2/q-1. The van der Waals surface area contributed by atoms with Gasteiger partial charge in [0.1, 0.15) is 0 Å². The Kier molecular flexibility index (Phi) is 2.83. The van der Waals surface area contributed by atoms with Crippen LogP contribution in [0.4, 0.5) is 12.9 Å². The number of halogens is 3. The van der Waals surface area contributed by atoms with E-state index in [-0.39, 0.29) is 0 Å². The summed E-state index contributed by atoms with van der Waals surface area (Å²) in [6.07, 6.45) is 0.917. The van der Waals surface area contributed by atoms with Crippen molar-refractivity contribution in [3.8, 4) is 0 Å². The van der Waals surface area contributed by atoms with Gasteiger partial charge in [0.25, 0.3) is 0 Å². The molecule has 1 nitrogen and oxygen atoms in total. The molecule has 0 saturated carbocycles. The Morgan fingerprint density at radius 1 is 1.25 bits per heavy atom. The first-order chi connectivity index (χ1) is 5.52. The second-order valence-electron chi connectivity index (χ2n) is 3.04. The maximum Gasteiger partial charge on any atom is 0.505 e. The largest absolute Gasteiger partial charge is 0.505 e. The molecule has 0 aromatic rings. The van der Waals surface area contributed by atoms with Crippen molar-refractivity contribution in [2.45, 2.75) is 12.8 Å². The summed E-state index contributed by atoms with van der Waals surface area (Å²) in [4.78, 5) is 0. The summed E-state index contributed by atoms with van der Waals surface area (Å²) in [5.41, 5.74) is -0.543. The van der Waals surface area contributed by atoms with Crippen LogP contribution in [0.2, 0.25) is 0 Å². The molecule has 0 aromatic heterocycles. The highest BCUT2D eigenvalue weighted by atomic mass is 19.4. The van der Waals surface area contributed by atoms with Crippen molar-refractivity contribution < 1.29 is 17.7 Å². The Bertz CT molecular complexity index is 172. The molecule has 1 aliphatic heterocycles. The van der Waals surface area contributed by atoms with Crippen molar-refractivity contribution in [2.75, 3.05) is 13.2 Å². The first-order valence-electron chi connectivity index (χ1n) is 3.98. The molecule has 1 aliphatic rings. The van der Waals surface area contributed by atoms with Gasteiger partial charge in [-0.2, -0.15) is 0 Å². The zero-order valence-electron chi connectivity index (χ0n) is 6.73. The first kappa shape index (κ1) is 9.64. The molecule has 0 amide bonds. The minimum atomic E-state index is -4.85. The number of rotatable bonds is 2. The van der Waals surface area contributed by atoms with Crippen LogP contribution in [0.25, 0.3) is 0 Å². The summed E-state index contributed by atoms with van der Waals surface area (Å²) < 4.78 is 41.4. The molecule has 0 aliphatic carbocycles. The van der Waals surface area contributed by atoms with Crippen LogP contribution in [0, 0.1) is 5.92 Å². The third-order valence-electron chi connectivity index (χ3n) is 2.17. The van der Waals surface area contributed by atoms with Crippen molar-refractivity contribution in [3.63, 3.8) is 0 Å². The fourth-order valence-electron chi connectivity index (χ4n) is 1.34. The van der Waals surface area contributed by atoms with Crippen molar-refractivity contribution in [3.05, 3.63) is 12.1 Å². The van der Waals surface area contributed by atoms with Crippen molar-refractivity contribution in [1.29, 1.82) is 0 Å². The van der Waals surface area contributed by atoms with Gasteiger partial charge in [-0.15, -0.1) is 12.1 Å². The lowest BCUT2D eigenvalue weighted by molar-refractivity contribution is 0.0763. The molecule has 12 heavy (non-hydrogen) atoms. The van der Waals surface area contributed by atoms with Gasteiger partial charge in [0.15, 0.2) is 0 Å². The molecule has 0 atom stereocenters. The Hall–Kier alpha value is -0.445. The maximum atomic E-state index is 12.2. The first-order valence-corrected chi connectivity index (χ1v) is 3.98. The summed E-state index contributed by atoms with van der Waals surface area (Å²) in [6, 6.07) is 0. The maximum absolute atomic E-state index is 12.2. The molecular weight excluding hydrogens is 168 g/mol. The Balaban J connectivity index is 2.51. The lowest BCUT2D eigenvalue weighted by atomic mass is 9.70. The summed E-state index contributed by atoms with van der Waals surface area (Å²) >= 11 is 0. The van der Waals surface area contributed by atoms with Crippen LogP contribution in [-0.2, 0) is 4.74 Å². The van der Waals surface area contributed by atoms with E-state index in [1.807, 2.05) is 0 Å². The second-order valence-corrected chi connectivity index (χ2v) is 3.04. The highest BCUT2D eigenvalue weighted by Gasteiger charge is 2.32. The van der Waals surface area contributed by atoms with Gasteiger partial charge in [-0.05, 0) is 18.8 Å². The summed E-state index contributed by atoms with van der Waals surface area (Å²) in [5, 5.41) is 0. The average molecular weight is 179 g/mol. The minimum Gasteiger partial charge on any atom is -0.445 e. The monoisotopic (exact) mass is 179 g/mol. The van der Waals surface area contributed by atoms with Crippen LogP contribution < -0.4 is 0 Å². The molecule has 0 unspecified atom stereocenters. The number of ether oxygens (including phenoxy) is 1. The molecule has 70 valence electrons. The average Bonchev–Trinajstić information content (AvgIpc) is 2.03. The van der Waals surface area contributed by atoms with Crippen LogP contribution >= 0.6 is 0 Å². The van der Waals surface area contributed by atoms with Crippen LogP contribution in [0.3, 0.4) is 0 Å². The minimum absolute atomic E-state index is 0.404. The smallest absolute Gasteiger partial charge is 0.445 e. The van der Waals surface area contributed by atoms with Gasteiger partial charge in [0.2, 0.25) is 0 Å². The molecule has 0 N–H and O–H groups in total. The molecule has 5 heteroatoms. The topological polar surface area (TPSA) is 9.23 Å². The van der Waals surface area contributed by atoms with E-state index in [0.717, 1.165) is 0 Å². The van der Waals surface area contributed by atoms with Crippen molar-refractivity contribution in [2.24, 2.45) is 5.92 Å². The van der Waals surface area contributed by atoms with Crippen LogP contribution in [0.1, 0.15) is 12.8 Å². The normalized spacial score (nSPS) is 20.9. The zero-order valence-corrected chi connectivity index (χ0v) is 6.73. The number of hydrogen-bond donors (Lipinski definition) is 0. The van der Waals surface area contributed by atoms with E-state index in [1.165, 1.54) is 0 Å². The Morgan fingerprint density at radius 2 is 1.75 bits per heavy atom. The molecule has 0 spiro atoms. The van der Waals surface area contributed by atoms with E-state index in [0.29, 0.717) is 26.1 Å². The highest BCUT2D eigenvalue weighted by molar-refractivity contribution is 6.66.